The van der Waals surface area contributed by atoms with Crippen LogP contribution >= 0.6 is 0 Å². The normalized spacial score (nSPS) is 25.0. The molecule has 0 aromatic heterocycles. The fourth-order valence-electron chi connectivity index (χ4n) is 2.86. The lowest BCUT2D eigenvalue weighted by Crippen LogP contribution is -2.40. The van der Waals surface area contributed by atoms with Crippen LogP contribution in [0.2, 0.25) is 0 Å². The summed E-state index contributed by atoms with van der Waals surface area (Å²) in [5.74, 6) is 1.01. The van der Waals surface area contributed by atoms with Gasteiger partial charge in [0.2, 0.25) is 0 Å². The molecule has 0 aromatic carbocycles. The largest absolute Gasteiger partial charge is 0.314 e. The lowest BCUT2D eigenvalue weighted by Gasteiger charge is -2.34. The van der Waals surface area contributed by atoms with Crippen molar-refractivity contribution in [2.24, 2.45) is 5.92 Å². The Bertz CT molecular complexity index is 198. The zero-order chi connectivity index (χ0) is 13.4. The molecule has 108 valence electrons. The molecule has 1 rings (SSSR count). The Morgan fingerprint density at radius 3 is 2.11 bits per heavy atom. The van der Waals surface area contributed by atoms with E-state index in [4.69, 9.17) is 0 Å². The highest BCUT2D eigenvalue weighted by Crippen LogP contribution is 2.28. The third-order valence-electron chi connectivity index (χ3n) is 4.39. The molecular formula is C15H33N3. The molecule has 0 radical (unpaired) electrons. The molecule has 0 heterocycles. The second-order valence-corrected chi connectivity index (χ2v) is 6.12. The molecule has 0 unspecified atom stereocenters. The van der Waals surface area contributed by atoms with Gasteiger partial charge >= 0.3 is 0 Å². The van der Waals surface area contributed by atoms with Crippen molar-refractivity contribution in [3.8, 4) is 0 Å². The molecule has 1 fully saturated rings. The molecule has 0 aliphatic heterocycles. The van der Waals surface area contributed by atoms with E-state index < -0.39 is 0 Å². The summed E-state index contributed by atoms with van der Waals surface area (Å²) in [4.78, 5) is 4.79. The molecule has 3 nitrogen and oxygen atoms in total. The van der Waals surface area contributed by atoms with Gasteiger partial charge in [-0.05, 0) is 52.7 Å². The molecule has 18 heavy (non-hydrogen) atoms. The standard InChI is InChI=1S/C15H33N3/c1-5-14-6-8-15(9-7-14)18(4)13-11-16-10-12-17(2)3/h14-16H,5-13H2,1-4H3. The Balaban J connectivity index is 2.04. The van der Waals surface area contributed by atoms with Gasteiger partial charge in [0, 0.05) is 32.2 Å². The van der Waals surface area contributed by atoms with Crippen LogP contribution < -0.4 is 5.32 Å². The number of nitrogens with one attached hydrogen (secondary N) is 1. The van der Waals surface area contributed by atoms with E-state index in [0.29, 0.717) is 0 Å². The first-order valence-electron chi connectivity index (χ1n) is 7.69. The van der Waals surface area contributed by atoms with Crippen molar-refractivity contribution in [1.82, 2.24) is 15.1 Å². The fraction of sp³-hybridized carbons (Fsp3) is 1.00. The molecule has 3 heteroatoms. The summed E-state index contributed by atoms with van der Waals surface area (Å²) in [6, 6.07) is 0.837. The zero-order valence-electron chi connectivity index (χ0n) is 12.9. The maximum atomic E-state index is 3.52. The van der Waals surface area contributed by atoms with Gasteiger partial charge in [-0.1, -0.05) is 13.3 Å². The van der Waals surface area contributed by atoms with Crippen molar-refractivity contribution in [3.63, 3.8) is 0 Å². The van der Waals surface area contributed by atoms with Crippen molar-refractivity contribution in [1.29, 1.82) is 0 Å². The Kier molecular flexibility index (Phi) is 7.87. The van der Waals surface area contributed by atoms with Gasteiger partial charge in [-0.2, -0.15) is 0 Å². The van der Waals surface area contributed by atoms with Crippen LogP contribution in [0.15, 0.2) is 0 Å². The summed E-state index contributed by atoms with van der Waals surface area (Å²) < 4.78 is 0. The van der Waals surface area contributed by atoms with Gasteiger partial charge in [-0.25, -0.2) is 0 Å². The van der Waals surface area contributed by atoms with Crippen LogP contribution in [0.5, 0.6) is 0 Å². The van der Waals surface area contributed by atoms with Gasteiger partial charge in [0.15, 0.2) is 0 Å². The van der Waals surface area contributed by atoms with Crippen molar-refractivity contribution in [2.45, 2.75) is 45.1 Å². The minimum Gasteiger partial charge on any atom is -0.314 e. The second kappa shape index (κ2) is 8.89. The van der Waals surface area contributed by atoms with Crippen molar-refractivity contribution in [3.05, 3.63) is 0 Å². The molecule has 1 aliphatic carbocycles. The van der Waals surface area contributed by atoms with Gasteiger partial charge in [-0.3, -0.25) is 0 Å². The van der Waals surface area contributed by atoms with E-state index in [1.54, 1.807) is 0 Å². The highest BCUT2D eigenvalue weighted by molar-refractivity contribution is 4.77. The van der Waals surface area contributed by atoms with E-state index in [2.05, 4.69) is 43.2 Å². The third-order valence-corrected chi connectivity index (χ3v) is 4.39. The van der Waals surface area contributed by atoms with Crippen molar-refractivity contribution in [2.75, 3.05) is 47.3 Å². The lowest BCUT2D eigenvalue weighted by atomic mass is 9.84. The lowest BCUT2D eigenvalue weighted by molar-refractivity contribution is 0.164. The zero-order valence-corrected chi connectivity index (χ0v) is 12.9. The van der Waals surface area contributed by atoms with E-state index >= 15 is 0 Å². The van der Waals surface area contributed by atoms with Gasteiger partial charge in [-0.15, -0.1) is 0 Å². The monoisotopic (exact) mass is 255 g/mol. The van der Waals surface area contributed by atoms with Crippen LogP contribution in [0, 0.1) is 5.92 Å². The van der Waals surface area contributed by atoms with Gasteiger partial charge in [0.25, 0.3) is 0 Å². The average Bonchev–Trinajstić information content (AvgIpc) is 2.38. The smallest absolute Gasteiger partial charge is 0.0107 e. The molecule has 0 spiro atoms. The van der Waals surface area contributed by atoms with Crippen LogP contribution in [-0.2, 0) is 0 Å². The summed E-state index contributed by atoms with van der Waals surface area (Å²) in [6.45, 7) is 6.88. The molecule has 1 aliphatic rings. The molecule has 1 saturated carbocycles. The minimum absolute atomic E-state index is 0.837. The van der Waals surface area contributed by atoms with Crippen molar-refractivity contribution < 1.29 is 0 Å². The minimum atomic E-state index is 0.837. The van der Waals surface area contributed by atoms with Gasteiger partial charge in [0.05, 0.1) is 0 Å². The van der Waals surface area contributed by atoms with Crippen LogP contribution in [0.25, 0.3) is 0 Å². The van der Waals surface area contributed by atoms with Crippen LogP contribution in [0.3, 0.4) is 0 Å². The van der Waals surface area contributed by atoms with E-state index in [1.807, 2.05) is 0 Å². The Hall–Kier alpha value is -0.120. The van der Waals surface area contributed by atoms with Gasteiger partial charge < -0.3 is 15.1 Å². The quantitative estimate of drug-likeness (QED) is 0.670. The first kappa shape index (κ1) is 15.9. The SMILES string of the molecule is CCC1CCC(N(C)CCNCCN(C)C)CC1. The Labute approximate surface area is 114 Å². The van der Waals surface area contributed by atoms with E-state index in [-0.39, 0.29) is 0 Å². The first-order valence-corrected chi connectivity index (χ1v) is 7.69. The average molecular weight is 255 g/mol. The topological polar surface area (TPSA) is 18.5 Å². The Morgan fingerprint density at radius 2 is 1.56 bits per heavy atom. The predicted octanol–water partition coefficient (Wildman–Crippen LogP) is 2.04. The summed E-state index contributed by atoms with van der Waals surface area (Å²) in [6.07, 6.45) is 7.08. The van der Waals surface area contributed by atoms with Crippen LogP contribution in [0.4, 0.5) is 0 Å². The predicted molar refractivity (Wildman–Crippen MR) is 80.1 cm³/mol. The Morgan fingerprint density at radius 1 is 0.944 bits per heavy atom. The maximum absolute atomic E-state index is 3.52. The van der Waals surface area contributed by atoms with Gasteiger partial charge in [0.1, 0.15) is 0 Å². The van der Waals surface area contributed by atoms with Crippen LogP contribution in [-0.4, -0.2) is 63.2 Å². The second-order valence-electron chi connectivity index (χ2n) is 6.12. The molecule has 1 N–H and O–H groups in total. The number of nitrogens with zero attached hydrogens (tertiary/aromatic N) is 2. The number of rotatable bonds is 8. The summed E-state index contributed by atoms with van der Waals surface area (Å²) >= 11 is 0. The number of likely N-dealkylation sites (N-methyl/N-ethyl adjacent to an activating group) is 2. The van der Waals surface area contributed by atoms with E-state index in [1.165, 1.54) is 38.6 Å². The van der Waals surface area contributed by atoms with E-state index in [0.717, 1.165) is 31.6 Å². The highest BCUT2D eigenvalue weighted by Gasteiger charge is 2.22. The summed E-state index contributed by atoms with van der Waals surface area (Å²) in [7, 11) is 6.55. The van der Waals surface area contributed by atoms with Crippen molar-refractivity contribution >= 4 is 0 Å². The number of hydrogen-bond acceptors (Lipinski definition) is 3. The maximum Gasteiger partial charge on any atom is 0.0107 e. The number of hydrogen-bond donors (Lipinski definition) is 1. The van der Waals surface area contributed by atoms with Crippen LogP contribution in [0.1, 0.15) is 39.0 Å². The molecule has 0 aromatic rings. The molecule has 0 atom stereocenters. The summed E-state index contributed by atoms with van der Waals surface area (Å²) in [5, 5.41) is 3.52. The molecule has 0 amide bonds. The van der Waals surface area contributed by atoms with E-state index in [9.17, 15) is 0 Å². The fourth-order valence-corrected chi connectivity index (χ4v) is 2.86. The first-order chi connectivity index (χ1) is 8.63. The summed E-state index contributed by atoms with van der Waals surface area (Å²) in [5.41, 5.74) is 0. The third kappa shape index (κ3) is 6.17. The molecule has 0 saturated heterocycles. The highest BCUT2D eigenvalue weighted by atomic mass is 15.1. The molecular weight excluding hydrogens is 222 g/mol. The molecule has 0 bridgehead atoms.